The van der Waals surface area contributed by atoms with Crippen LogP contribution in [-0.4, -0.2) is 33.6 Å². The van der Waals surface area contributed by atoms with Gasteiger partial charge in [0.2, 0.25) is 0 Å². The molecule has 0 radical (unpaired) electrons. The van der Waals surface area contributed by atoms with Crippen molar-refractivity contribution >= 4 is 26.8 Å². The second kappa shape index (κ2) is 6.84. The summed E-state index contributed by atoms with van der Waals surface area (Å²) in [6, 6.07) is 6.42. The highest BCUT2D eigenvalue weighted by Gasteiger charge is 2.31. The highest BCUT2D eigenvalue weighted by atomic mass is 79.9. The number of rotatable bonds is 4. The monoisotopic (exact) mass is 403 g/mol. The van der Waals surface area contributed by atoms with E-state index < -0.39 is 0 Å². The summed E-state index contributed by atoms with van der Waals surface area (Å²) in [7, 11) is 0. The van der Waals surface area contributed by atoms with E-state index in [0.29, 0.717) is 17.9 Å². The fourth-order valence-electron chi connectivity index (χ4n) is 4.01. The van der Waals surface area contributed by atoms with Crippen LogP contribution in [0.25, 0.3) is 10.9 Å². The summed E-state index contributed by atoms with van der Waals surface area (Å²) in [6.45, 7) is 7.61. The van der Waals surface area contributed by atoms with Gasteiger partial charge in [0.25, 0.3) is 5.56 Å². The second-order valence-corrected chi connectivity index (χ2v) is 8.83. The minimum Gasteiger partial charge on any atom is -0.301 e. The van der Waals surface area contributed by atoms with Crippen molar-refractivity contribution in [2.24, 2.45) is 5.92 Å². The first-order chi connectivity index (χ1) is 12.0. The normalized spacial score (nSPS) is 22.0. The summed E-state index contributed by atoms with van der Waals surface area (Å²) in [4.78, 5) is 20.6. The van der Waals surface area contributed by atoms with Gasteiger partial charge in [-0.1, -0.05) is 15.9 Å². The van der Waals surface area contributed by atoms with Gasteiger partial charge in [-0.05, 0) is 70.2 Å². The van der Waals surface area contributed by atoms with Crippen LogP contribution in [0.4, 0.5) is 0 Å². The van der Waals surface area contributed by atoms with Crippen molar-refractivity contribution in [3.63, 3.8) is 0 Å². The van der Waals surface area contributed by atoms with Crippen molar-refractivity contribution in [3.8, 4) is 0 Å². The van der Waals surface area contributed by atoms with Gasteiger partial charge in [-0.15, -0.1) is 0 Å². The average Bonchev–Trinajstić information content (AvgIpc) is 3.43. The summed E-state index contributed by atoms with van der Waals surface area (Å²) in [5.74, 6) is 2.03. The van der Waals surface area contributed by atoms with Crippen LogP contribution in [0.1, 0.15) is 51.3 Å². The van der Waals surface area contributed by atoms with E-state index in [0.717, 1.165) is 47.1 Å². The lowest BCUT2D eigenvalue weighted by Crippen LogP contribution is -2.42. The van der Waals surface area contributed by atoms with Crippen LogP contribution in [0.5, 0.6) is 0 Å². The van der Waals surface area contributed by atoms with Gasteiger partial charge in [0, 0.05) is 29.5 Å². The molecule has 0 spiro atoms. The summed E-state index contributed by atoms with van der Waals surface area (Å²) < 4.78 is 2.94. The van der Waals surface area contributed by atoms with Crippen molar-refractivity contribution in [2.45, 2.75) is 58.0 Å². The molecule has 0 amide bonds. The Balaban J connectivity index is 1.71. The van der Waals surface area contributed by atoms with Gasteiger partial charge < -0.3 is 4.90 Å². The molecule has 1 aliphatic carbocycles. The van der Waals surface area contributed by atoms with Crippen molar-refractivity contribution in [1.82, 2.24) is 14.5 Å². The van der Waals surface area contributed by atoms with Gasteiger partial charge in [-0.3, -0.25) is 9.36 Å². The van der Waals surface area contributed by atoms with E-state index in [9.17, 15) is 4.79 Å². The zero-order valence-electron chi connectivity index (χ0n) is 15.0. The fourth-order valence-corrected chi connectivity index (χ4v) is 4.37. The number of likely N-dealkylation sites (tertiary alicyclic amines) is 1. The molecule has 1 atom stereocenters. The molecule has 0 N–H and O–H groups in total. The highest BCUT2D eigenvalue weighted by Crippen LogP contribution is 2.39. The summed E-state index contributed by atoms with van der Waals surface area (Å²) >= 11 is 3.49. The topological polar surface area (TPSA) is 38.1 Å². The number of aromatic nitrogens is 2. The minimum atomic E-state index is 0.134. The lowest BCUT2D eigenvalue weighted by molar-refractivity contribution is 0.129. The SMILES string of the molecule is CC(C)N1CCCC(Cn2c(C3CC3)nc3ccc(Br)cc3c2=O)C1. The molecule has 2 aromatic rings. The molecular formula is C20H26BrN3O. The Hall–Kier alpha value is -1.20. The molecule has 1 unspecified atom stereocenters. The quantitative estimate of drug-likeness (QED) is 0.768. The predicted octanol–water partition coefficient (Wildman–Crippen LogP) is 4.16. The number of benzene rings is 1. The van der Waals surface area contributed by atoms with Crippen molar-refractivity contribution in [2.75, 3.05) is 13.1 Å². The molecule has 1 aromatic heterocycles. The van der Waals surface area contributed by atoms with E-state index >= 15 is 0 Å². The van der Waals surface area contributed by atoms with Gasteiger partial charge in [0.05, 0.1) is 10.9 Å². The number of nitrogens with zero attached hydrogens (tertiary/aromatic N) is 3. The molecule has 134 valence electrons. The van der Waals surface area contributed by atoms with Gasteiger partial charge in [0.15, 0.2) is 0 Å². The van der Waals surface area contributed by atoms with Crippen LogP contribution in [0, 0.1) is 5.92 Å². The Labute approximate surface area is 157 Å². The molecule has 4 rings (SSSR count). The number of hydrogen-bond donors (Lipinski definition) is 0. The van der Waals surface area contributed by atoms with Crippen LogP contribution in [-0.2, 0) is 6.54 Å². The first kappa shape index (κ1) is 17.2. The molecule has 1 aromatic carbocycles. The molecule has 4 nitrogen and oxygen atoms in total. The lowest BCUT2D eigenvalue weighted by Gasteiger charge is -2.35. The van der Waals surface area contributed by atoms with Gasteiger partial charge >= 0.3 is 0 Å². The maximum absolute atomic E-state index is 13.2. The van der Waals surface area contributed by atoms with Crippen LogP contribution >= 0.6 is 15.9 Å². The summed E-state index contributed by atoms with van der Waals surface area (Å²) in [6.07, 6.45) is 4.76. The van der Waals surface area contributed by atoms with Crippen molar-refractivity contribution < 1.29 is 0 Å². The molecule has 1 aliphatic heterocycles. The third-order valence-corrected chi connectivity index (χ3v) is 6.10. The third-order valence-electron chi connectivity index (χ3n) is 5.61. The van der Waals surface area contributed by atoms with Gasteiger partial charge in [-0.2, -0.15) is 0 Å². The van der Waals surface area contributed by atoms with Gasteiger partial charge in [0.1, 0.15) is 5.82 Å². The van der Waals surface area contributed by atoms with E-state index in [4.69, 9.17) is 4.98 Å². The van der Waals surface area contributed by atoms with E-state index in [2.05, 4.69) is 34.7 Å². The zero-order valence-corrected chi connectivity index (χ0v) is 16.6. The van der Waals surface area contributed by atoms with Gasteiger partial charge in [-0.25, -0.2) is 4.98 Å². The van der Waals surface area contributed by atoms with Crippen molar-refractivity contribution in [3.05, 3.63) is 38.9 Å². The number of fused-ring (bicyclic) bond motifs is 1. The number of hydrogen-bond acceptors (Lipinski definition) is 3. The molecule has 25 heavy (non-hydrogen) atoms. The molecule has 1 saturated carbocycles. The molecule has 2 fully saturated rings. The number of halogens is 1. The Kier molecular flexibility index (Phi) is 4.71. The van der Waals surface area contributed by atoms with Crippen molar-refractivity contribution in [1.29, 1.82) is 0 Å². The highest BCUT2D eigenvalue weighted by molar-refractivity contribution is 9.10. The first-order valence-electron chi connectivity index (χ1n) is 9.47. The first-order valence-corrected chi connectivity index (χ1v) is 10.3. The molecular weight excluding hydrogens is 378 g/mol. The summed E-state index contributed by atoms with van der Waals surface area (Å²) in [5, 5.41) is 0.732. The molecule has 2 heterocycles. The Bertz CT molecular complexity index is 841. The summed E-state index contributed by atoms with van der Waals surface area (Å²) in [5.41, 5.74) is 0.966. The zero-order chi connectivity index (χ0) is 17.6. The minimum absolute atomic E-state index is 0.134. The van der Waals surface area contributed by atoms with E-state index in [1.807, 2.05) is 22.8 Å². The third kappa shape index (κ3) is 3.54. The van der Waals surface area contributed by atoms with Crippen LogP contribution in [0.3, 0.4) is 0 Å². The lowest BCUT2D eigenvalue weighted by atomic mass is 9.96. The van der Waals surface area contributed by atoms with Crippen LogP contribution in [0.15, 0.2) is 27.5 Å². The van der Waals surface area contributed by atoms with Crippen LogP contribution < -0.4 is 5.56 Å². The number of piperidine rings is 1. The molecule has 2 aliphatic rings. The maximum Gasteiger partial charge on any atom is 0.261 e. The Morgan fingerprint density at radius 3 is 2.80 bits per heavy atom. The smallest absolute Gasteiger partial charge is 0.261 e. The standard InChI is InChI=1S/C20H26BrN3O/c1-13(2)23-9-3-4-14(11-23)12-24-19(15-5-6-15)22-18-8-7-16(21)10-17(18)20(24)25/h7-8,10,13-15H,3-6,9,11-12H2,1-2H3. The fraction of sp³-hybridized carbons (Fsp3) is 0.600. The van der Waals surface area contributed by atoms with E-state index in [1.165, 1.54) is 19.4 Å². The molecule has 1 saturated heterocycles. The molecule has 5 heteroatoms. The van der Waals surface area contributed by atoms with E-state index in [1.54, 1.807) is 0 Å². The largest absolute Gasteiger partial charge is 0.301 e. The maximum atomic E-state index is 13.2. The van der Waals surface area contributed by atoms with Crippen LogP contribution in [0.2, 0.25) is 0 Å². The predicted molar refractivity (Wildman–Crippen MR) is 105 cm³/mol. The van der Waals surface area contributed by atoms with E-state index in [-0.39, 0.29) is 5.56 Å². The Morgan fingerprint density at radius 1 is 1.28 bits per heavy atom. The average molecular weight is 404 g/mol. The molecule has 0 bridgehead atoms. The Morgan fingerprint density at radius 2 is 2.08 bits per heavy atom. The second-order valence-electron chi connectivity index (χ2n) is 7.92.